The number of aryl methyl sites for hydroxylation is 1. The predicted molar refractivity (Wildman–Crippen MR) is 79.0 cm³/mol. The van der Waals surface area contributed by atoms with Gasteiger partial charge in [-0.05, 0) is 72.2 Å². The van der Waals surface area contributed by atoms with Gasteiger partial charge < -0.3 is 5.11 Å². The van der Waals surface area contributed by atoms with Crippen molar-refractivity contribution in [1.82, 2.24) is 0 Å². The fourth-order valence-electron chi connectivity index (χ4n) is 3.08. The van der Waals surface area contributed by atoms with Crippen LogP contribution in [0.15, 0.2) is 16.8 Å². The molecule has 1 nitrogen and oxygen atoms in total. The van der Waals surface area contributed by atoms with Crippen molar-refractivity contribution in [2.45, 2.75) is 64.9 Å². The van der Waals surface area contributed by atoms with E-state index in [0.717, 1.165) is 31.6 Å². The van der Waals surface area contributed by atoms with Crippen LogP contribution in [0.4, 0.5) is 0 Å². The molecule has 1 aromatic rings. The molecule has 1 fully saturated rings. The number of rotatable bonds is 3. The molecular weight excluding hydrogens is 240 g/mol. The Balaban J connectivity index is 1.83. The summed E-state index contributed by atoms with van der Waals surface area (Å²) in [5.41, 5.74) is 1.38. The Labute approximate surface area is 115 Å². The Morgan fingerprint density at radius 3 is 2.50 bits per heavy atom. The van der Waals surface area contributed by atoms with Gasteiger partial charge >= 0.3 is 0 Å². The molecule has 1 N–H and O–H groups in total. The van der Waals surface area contributed by atoms with Gasteiger partial charge in [0.25, 0.3) is 0 Å². The zero-order valence-electron chi connectivity index (χ0n) is 11.9. The second-order valence-corrected chi connectivity index (χ2v) is 7.78. The van der Waals surface area contributed by atoms with Crippen LogP contribution in [0, 0.1) is 11.3 Å². The van der Waals surface area contributed by atoms with E-state index in [-0.39, 0.29) is 0 Å². The van der Waals surface area contributed by atoms with Gasteiger partial charge in [-0.2, -0.15) is 11.3 Å². The van der Waals surface area contributed by atoms with Crippen LogP contribution in [0.1, 0.15) is 58.4 Å². The first-order valence-corrected chi connectivity index (χ1v) is 8.07. The third-order valence-electron chi connectivity index (χ3n) is 4.60. The average Bonchev–Trinajstić information content (AvgIpc) is 2.79. The molecule has 0 atom stereocenters. The fourth-order valence-corrected chi connectivity index (χ4v) is 3.79. The molecule has 0 aliphatic heterocycles. The molecule has 0 aromatic carbocycles. The van der Waals surface area contributed by atoms with Crippen LogP contribution < -0.4 is 0 Å². The van der Waals surface area contributed by atoms with Crippen molar-refractivity contribution >= 4 is 11.3 Å². The highest BCUT2D eigenvalue weighted by Gasteiger charge is 2.36. The second-order valence-electron chi connectivity index (χ2n) is 7.00. The Bertz CT molecular complexity index is 353. The van der Waals surface area contributed by atoms with E-state index in [4.69, 9.17) is 0 Å². The number of aliphatic hydroxyl groups is 1. The highest BCUT2D eigenvalue weighted by Crippen LogP contribution is 2.42. The maximum Gasteiger partial charge on any atom is 0.0651 e. The minimum Gasteiger partial charge on any atom is -0.390 e. The molecule has 0 bridgehead atoms. The predicted octanol–water partition coefficient (Wildman–Crippen LogP) is 4.65. The first-order valence-electron chi connectivity index (χ1n) is 7.13. The van der Waals surface area contributed by atoms with Gasteiger partial charge in [-0.25, -0.2) is 0 Å². The maximum atomic E-state index is 10.7. The molecule has 102 valence electrons. The Morgan fingerprint density at radius 1 is 1.33 bits per heavy atom. The molecule has 1 heterocycles. The highest BCUT2D eigenvalue weighted by molar-refractivity contribution is 7.07. The minimum absolute atomic E-state index is 0.398. The van der Waals surface area contributed by atoms with Crippen LogP contribution in [-0.2, 0) is 6.42 Å². The molecule has 0 unspecified atom stereocenters. The lowest BCUT2D eigenvalue weighted by atomic mass is 9.67. The van der Waals surface area contributed by atoms with Gasteiger partial charge in [0.2, 0.25) is 0 Å². The molecule has 1 aliphatic carbocycles. The fraction of sp³-hybridized carbons (Fsp3) is 0.750. The summed E-state index contributed by atoms with van der Waals surface area (Å²) in [7, 11) is 0. The molecule has 18 heavy (non-hydrogen) atoms. The molecule has 0 amide bonds. The van der Waals surface area contributed by atoms with E-state index in [1.54, 1.807) is 11.3 Å². The van der Waals surface area contributed by atoms with E-state index in [9.17, 15) is 5.11 Å². The summed E-state index contributed by atoms with van der Waals surface area (Å²) >= 11 is 1.75. The highest BCUT2D eigenvalue weighted by atomic mass is 32.1. The standard InChI is InChI=1S/C16H26OS/c1-15(2,3)14-5-9-16(17,10-6-14)8-4-13-7-11-18-12-13/h7,11-12,14,17H,4-6,8-10H2,1-3H3. The summed E-state index contributed by atoms with van der Waals surface area (Å²) in [5.74, 6) is 0.777. The van der Waals surface area contributed by atoms with Crippen molar-refractivity contribution < 1.29 is 5.11 Å². The molecule has 1 aromatic heterocycles. The number of hydrogen-bond donors (Lipinski definition) is 1. The third kappa shape index (κ3) is 3.58. The molecule has 0 radical (unpaired) electrons. The summed E-state index contributed by atoms with van der Waals surface area (Å²) < 4.78 is 0. The van der Waals surface area contributed by atoms with E-state index in [1.165, 1.54) is 18.4 Å². The molecule has 0 spiro atoms. The Morgan fingerprint density at radius 2 is 2.00 bits per heavy atom. The normalized spacial score (nSPS) is 29.4. The van der Waals surface area contributed by atoms with Crippen molar-refractivity contribution in [2.75, 3.05) is 0 Å². The first kappa shape index (κ1) is 14.1. The average molecular weight is 266 g/mol. The van der Waals surface area contributed by atoms with Crippen LogP contribution in [0.5, 0.6) is 0 Å². The van der Waals surface area contributed by atoms with Crippen LogP contribution in [0.2, 0.25) is 0 Å². The lowest BCUT2D eigenvalue weighted by Crippen LogP contribution is -2.37. The van der Waals surface area contributed by atoms with Gasteiger partial charge in [0, 0.05) is 0 Å². The van der Waals surface area contributed by atoms with Crippen LogP contribution in [-0.4, -0.2) is 10.7 Å². The SMILES string of the molecule is CC(C)(C)C1CCC(O)(CCc2ccsc2)CC1. The first-order chi connectivity index (χ1) is 8.39. The zero-order valence-corrected chi connectivity index (χ0v) is 12.7. The topological polar surface area (TPSA) is 20.2 Å². The van der Waals surface area contributed by atoms with Gasteiger partial charge in [0.15, 0.2) is 0 Å². The quantitative estimate of drug-likeness (QED) is 0.844. The van der Waals surface area contributed by atoms with Crippen molar-refractivity contribution in [3.63, 3.8) is 0 Å². The molecule has 2 rings (SSSR count). The van der Waals surface area contributed by atoms with Crippen LogP contribution in [0.3, 0.4) is 0 Å². The van der Waals surface area contributed by atoms with E-state index in [2.05, 4.69) is 37.6 Å². The van der Waals surface area contributed by atoms with E-state index < -0.39 is 5.60 Å². The van der Waals surface area contributed by atoms with E-state index >= 15 is 0 Å². The Hall–Kier alpha value is -0.340. The van der Waals surface area contributed by atoms with E-state index in [0.29, 0.717) is 5.41 Å². The number of hydrogen-bond acceptors (Lipinski definition) is 2. The molecular formula is C16H26OS. The van der Waals surface area contributed by atoms with Crippen LogP contribution in [0.25, 0.3) is 0 Å². The summed E-state index contributed by atoms with van der Waals surface area (Å²) in [6.45, 7) is 6.98. The van der Waals surface area contributed by atoms with Gasteiger partial charge in [-0.3, -0.25) is 0 Å². The van der Waals surface area contributed by atoms with Gasteiger partial charge in [-0.15, -0.1) is 0 Å². The zero-order chi connectivity index (χ0) is 13.2. The monoisotopic (exact) mass is 266 g/mol. The molecule has 0 saturated heterocycles. The second kappa shape index (κ2) is 5.34. The maximum absolute atomic E-state index is 10.7. The minimum atomic E-state index is -0.399. The third-order valence-corrected chi connectivity index (χ3v) is 5.33. The summed E-state index contributed by atoms with van der Waals surface area (Å²) in [6, 6.07) is 2.18. The van der Waals surface area contributed by atoms with Crippen LogP contribution >= 0.6 is 11.3 Å². The lowest BCUT2D eigenvalue weighted by Gasteiger charge is -2.41. The molecule has 1 saturated carbocycles. The van der Waals surface area contributed by atoms with Crippen molar-refractivity contribution in [3.8, 4) is 0 Å². The van der Waals surface area contributed by atoms with E-state index in [1.807, 2.05) is 0 Å². The van der Waals surface area contributed by atoms with Gasteiger partial charge in [-0.1, -0.05) is 20.8 Å². The summed E-state index contributed by atoms with van der Waals surface area (Å²) in [4.78, 5) is 0. The Kier molecular flexibility index (Phi) is 4.18. The number of thiophene rings is 1. The van der Waals surface area contributed by atoms with Crippen molar-refractivity contribution in [2.24, 2.45) is 11.3 Å². The lowest BCUT2D eigenvalue weighted by molar-refractivity contribution is -0.0309. The summed E-state index contributed by atoms with van der Waals surface area (Å²) in [6.07, 6.45) is 6.30. The summed E-state index contributed by atoms with van der Waals surface area (Å²) in [5, 5.41) is 15.0. The van der Waals surface area contributed by atoms with Gasteiger partial charge in [0.05, 0.1) is 5.60 Å². The largest absolute Gasteiger partial charge is 0.390 e. The van der Waals surface area contributed by atoms with Crippen molar-refractivity contribution in [1.29, 1.82) is 0 Å². The van der Waals surface area contributed by atoms with Crippen molar-refractivity contribution in [3.05, 3.63) is 22.4 Å². The molecule has 1 aliphatic rings. The smallest absolute Gasteiger partial charge is 0.0651 e. The molecule has 2 heteroatoms. The van der Waals surface area contributed by atoms with Gasteiger partial charge in [0.1, 0.15) is 0 Å².